The number of hydrogen-bond acceptors (Lipinski definition) is 3. The lowest BCUT2D eigenvalue weighted by molar-refractivity contribution is -0.142. The van der Waals surface area contributed by atoms with Crippen molar-refractivity contribution in [2.45, 2.75) is 44.3 Å². The van der Waals surface area contributed by atoms with Crippen LogP contribution in [-0.2, 0) is 13.2 Å². The number of H-pyrrole nitrogens is 1. The molecule has 1 aromatic carbocycles. The van der Waals surface area contributed by atoms with Crippen LogP contribution in [0.5, 0.6) is 0 Å². The van der Waals surface area contributed by atoms with Gasteiger partial charge in [0.25, 0.3) is 0 Å². The summed E-state index contributed by atoms with van der Waals surface area (Å²) < 4.78 is 42.5. The van der Waals surface area contributed by atoms with E-state index >= 15 is 0 Å². The Balaban J connectivity index is 1.57. The maximum absolute atomic E-state index is 13.7. The van der Waals surface area contributed by atoms with Crippen molar-refractivity contribution in [1.82, 2.24) is 20.0 Å². The third-order valence-corrected chi connectivity index (χ3v) is 7.41. The second-order valence-corrected chi connectivity index (χ2v) is 8.93. The minimum Gasteiger partial charge on any atom is -0.378 e. The number of fused-ring (bicyclic) bond motifs is 9. The highest BCUT2D eigenvalue weighted by atomic mass is 19.4. The van der Waals surface area contributed by atoms with E-state index in [9.17, 15) is 13.2 Å². The molecule has 0 saturated heterocycles. The Bertz CT molecular complexity index is 1130. The van der Waals surface area contributed by atoms with E-state index in [0.717, 1.165) is 41.5 Å². The van der Waals surface area contributed by atoms with Crippen LogP contribution in [0, 0.1) is 24.7 Å². The Kier molecular flexibility index (Phi) is 3.32. The Morgan fingerprint density at radius 3 is 2.76 bits per heavy atom. The summed E-state index contributed by atoms with van der Waals surface area (Å²) in [6.07, 6.45) is 0.445. The summed E-state index contributed by atoms with van der Waals surface area (Å²) in [6.45, 7) is 2.02. The molecule has 3 aromatic rings. The topological polar surface area (TPSA) is 58.5 Å². The van der Waals surface area contributed by atoms with Crippen molar-refractivity contribution in [2.24, 2.45) is 24.8 Å². The van der Waals surface area contributed by atoms with E-state index in [0.29, 0.717) is 11.8 Å². The van der Waals surface area contributed by atoms with Gasteiger partial charge in [-0.25, -0.2) is 0 Å². The number of benzene rings is 1. The third-order valence-electron chi connectivity index (χ3n) is 7.41. The summed E-state index contributed by atoms with van der Waals surface area (Å²) in [5, 5.41) is 15.9. The zero-order valence-corrected chi connectivity index (χ0v) is 16.2. The molecular weight excluding hydrogens is 379 g/mol. The van der Waals surface area contributed by atoms with Crippen LogP contribution >= 0.6 is 0 Å². The number of halogens is 3. The molecule has 2 fully saturated rings. The van der Waals surface area contributed by atoms with Crippen molar-refractivity contribution in [3.05, 3.63) is 40.8 Å². The first-order valence-electron chi connectivity index (χ1n) is 10.2. The second kappa shape index (κ2) is 5.55. The summed E-state index contributed by atoms with van der Waals surface area (Å²) in [6, 6.07) is 3.55. The van der Waals surface area contributed by atoms with Crippen molar-refractivity contribution >= 4 is 16.6 Å². The maximum atomic E-state index is 13.7. The number of hydrogen-bond donors (Lipinski definition) is 2. The molecule has 2 aliphatic carbocycles. The number of aryl methyl sites for hydroxylation is 2. The molecule has 2 saturated carbocycles. The zero-order valence-electron chi connectivity index (χ0n) is 16.2. The number of nitrogens with zero attached hydrogens (tertiary/aromatic N) is 3. The van der Waals surface area contributed by atoms with Crippen molar-refractivity contribution in [3.63, 3.8) is 0 Å². The molecule has 1 aliphatic heterocycles. The highest BCUT2D eigenvalue weighted by Gasteiger charge is 2.56. The molecule has 5 atom stereocenters. The largest absolute Gasteiger partial charge is 0.435 e. The van der Waals surface area contributed by atoms with Gasteiger partial charge in [0, 0.05) is 35.6 Å². The lowest BCUT2D eigenvalue weighted by Crippen LogP contribution is -2.36. The Morgan fingerprint density at radius 1 is 1.17 bits per heavy atom. The number of alkyl halides is 3. The van der Waals surface area contributed by atoms with Gasteiger partial charge in [-0.3, -0.25) is 9.78 Å². The predicted molar refractivity (Wildman–Crippen MR) is 102 cm³/mol. The van der Waals surface area contributed by atoms with E-state index < -0.39 is 11.9 Å². The SMILES string of the molecule is Cc1[nH]nc2ccc3c(c12)C1C2CCC(C2)C1C(c1cn(C)nc1C(F)(F)F)N3. The van der Waals surface area contributed by atoms with Crippen molar-refractivity contribution < 1.29 is 13.2 Å². The van der Waals surface area contributed by atoms with Crippen LogP contribution in [-0.4, -0.2) is 20.0 Å². The van der Waals surface area contributed by atoms with Crippen LogP contribution in [0.1, 0.15) is 53.7 Å². The molecule has 5 nitrogen and oxygen atoms in total. The second-order valence-electron chi connectivity index (χ2n) is 8.93. The lowest BCUT2D eigenvalue weighted by atomic mass is 9.67. The summed E-state index contributed by atoms with van der Waals surface area (Å²) in [4.78, 5) is 0. The standard InChI is InChI=1S/C21H22F3N5/c1-9-15-14(27-26-9)6-5-13-18(15)16-10-3-4-11(7-10)17(16)19(25-13)12-8-29(2)28-20(12)21(22,23)24/h5-6,8,10-11,16-17,19,25H,3-4,7H2,1-2H3,(H,26,27). The lowest BCUT2D eigenvalue weighted by Gasteiger charge is -2.43. The molecule has 3 heterocycles. The van der Waals surface area contributed by atoms with Crippen LogP contribution in [0.2, 0.25) is 0 Å². The number of aromatic amines is 1. The quantitative estimate of drug-likeness (QED) is 0.609. The summed E-state index contributed by atoms with van der Waals surface area (Å²) in [5.74, 6) is 1.38. The van der Waals surface area contributed by atoms with Gasteiger partial charge in [0.2, 0.25) is 0 Å². The van der Waals surface area contributed by atoms with E-state index in [-0.39, 0.29) is 23.4 Å². The fourth-order valence-corrected chi connectivity index (χ4v) is 6.51. The normalized spacial score (nSPS) is 30.4. The van der Waals surface area contributed by atoms with Crippen molar-refractivity contribution in [2.75, 3.05) is 5.32 Å². The molecule has 0 amide bonds. The molecule has 2 bridgehead atoms. The fourth-order valence-electron chi connectivity index (χ4n) is 6.51. The smallest absolute Gasteiger partial charge is 0.378 e. The highest BCUT2D eigenvalue weighted by molar-refractivity contribution is 5.91. The number of anilines is 1. The summed E-state index contributed by atoms with van der Waals surface area (Å²) in [5.41, 5.74) is 3.66. The summed E-state index contributed by atoms with van der Waals surface area (Å²) >= 11 is 0. The van der Waals surface area contributed by atoms with Gasteiger partial charge in [0.1, 0.15) is 0 Å². The van der Waals surface area contributed by atoms with Crippen LogP contribution < -0.4 is 5.32 Å². The Hall–Kier alpha value is -2.51. The minimum absolute atomic E-state index is 0.145. The number of rotatable bonds is 1. The first-order valence-corrected chi connectivity index (χ1v) is 10.2. The van der Waals surface area contributed by atoms with Gasteiger partial charge in [-0.2, -0.15) is 23.4 Å². The molecule has 2 aromatic heterocycles. The first kappa shape index (κ1) is 17.4. The van der Waals surface area contributed by atoms with E-state index in [4.69, 9.17) is 0 Å². The minimum atomic E-state index is -4.46. The number of nitrogens with one attached hydrogen (secondary N) is 2. The molecule has 8 heteroatoms. The monoisotopic (exact) mass is 401 g/mol. The fraction of sp³-hybridized carbons (Fsp3) is 0.524. The highest BCUT2D eigenvalue weighted by Crippen LogP contribution is 2.65. The molecule has 6 rings (SSSR count). The molecule has 152 valence electrons. The summed E-state index contributed by atoms with van der Waals surface area (Å²) in [7, 11) is 1.56. The van der Waals surface area contributed by atoms with Gasteiger partial charge >= 0.3 is 6.18 Å². The predicted octanol–water partition coefficient (Wildman–Crippen LogP) is 4.92. The van der Waals surface area contributed by atoms with Gasteiger partial charge < -0.3 is 5.32 Å². The van der Waals surface area contributed by atoms with Crippen LogP contribution in [0.3, 0.4) is 0 Å². The zero-order chi connectivity index (χ0) is 20.1. The molecule has 0 spiro atoms. The molecule has 0 radical (unpaired) electrons. The van der Waals surface area contributed by atoms with Gasteiger partial charge in [0.05, 0.1) is 11.6 Å². The van der Waals surface area contributed by atoms with E-state index in [1.165, 1.54) is 10.2 Å². The Morgan fingerprint density at radius 2 is 1.97 bits per heavy atom. The molecule has 29 heavy (non-hydrogen) atoms. The molecular formula is C21H22F3N5. The Labute approximate surface area is 165 Å². The van der Waals surface area contributed by atoms with E-state index in [1.54, 1.807) is 13.2 Å². The van der Waals surface area contributed by atoms with Gasteiger partial charge in [0.15, 0.2) is 5.69 Å². The number of aromatic nitrogens is 4. The average molecular weight is 401 g/mol. The molecule has 3 aliphatic rings. The molecule has 2 N–H and O–H groups in total. The van der Waals surface area contributed by atoms with E-state index in [2.05, 4.69) is 20.6 Å². The van der Waals surface area contributed by atoms with Crippen molar-refractivity contribution in [1.29, 1.82) is 0 Å². The van der Waals surface area contributed by atoms with Crippen LogP contribution in [0.15, 0.2) is 18.3 Å². The third kappa shape index (κ3) is 2.28. The average Bonchev–Trinajstić information content (AvgIpc) is 3.43. The van der Waals surface area contributed by atoms with E-state index in [1.807, 2.05) is 19.1 Å². The maximum Gasteiger partial charge on any atom is 0.435 e. The van der Waals surface area contributed by atoms with Crippen LogP contribution in [0.25, 0.3) is 10.9 Å². The van der Waals surface area contributed by atoms with Gasteiger partial charge in [-0.15, -0.1) is 0 Å². The van der Waals surface area contributed by atoms with Crippen molar-refractivity contribution in [3.8, 4) is 0 Å². The van der Waals surface area contributed by atoms with Gasteiger partial charge in [-0.1, -0.05) is 0 Å². The van der Waals surface area contributed by atoms with Crippen LogP contribution in [0.4, 0.5) is 18.9 Å². The van der Waals surface area contributed by atoms with Gasteiger partial charge in [-0.05, 0) is 67.6 Å². The molecule has 5 unspecified atom stereocenters. The first-order chi connectivity index (χ1) is 13.8.